The molecule has 4 nitrogen and oxygen atoms in total. The molecular weight excluding hydrogens is 324 g/mol. The van der Waals surface area contributed by atoms with Gasteiger partial charge in [-0.15, -0.1) is 0 Å². The van der Waals surface area contributed by atoms with Crippen LogP contribution < -0.4 is 5.69 Å². The van der Waals surface area contributed by atoms with E-state index >= 15 is 0 Å². The highest BCUT2D eigenvalue weighted by atomic mass is 19.1. The van der Waals surface area contributed by atoms with E-state index in [0.717, 1.165) is 49.1 Å². The molecule has 1 aliphatic heterocycles. The quantitative estimate of drug-likeness (QED) is 0.765. The molecule has 130 valence electrons. The van der Waals surface area contributed by atoms with Gasteiger partial charge in [0.15, 0.2) is 0 Å². The first kappa shape index (κ1) is 16.0. The molecule has 2 aromatic carbocycles. The molecule has 3 aromatic rings. The molecule has 1 saturated heterocycles. The van der Waals surface area contributed by atoms with E-state index in [1.54, 1.807) is 0 Å². The zero-order valence-corrected chi connectivity index (χ0v) is 13.7. The minimum Gasteiger partial charge on any atom is -0.306 e. The van der Waals surface area contributed by atoms with Crippen LogP contribution in [0.15, 0.2) is 41.2 Å². The summed E-state index contributed by atoms with van der Waals surface area (Å²) >= 11 is 0. The molecule has 25 heavy (non-hydrogen) atoms. The van der Waals surface area contributed by atoms with E-state index in [1.165, 1.54) is 18.2 Å². The van der Waals surface area contributed by atoms with Crippen molar-refractivity contribution in [2.75, 3.05) is 13.1 Å². The molecule has 0 spiro atoms. The number of hydrogen-bond acceptors (Lipinski definition) is 2. The maximum absolute atomic E-state index is 13.9. The number of rotatable bonds is 3. The Morgan fingerprint density at radius 2 is 1.68 bits per heavy atom. The Bertz CT molecular complexity index is 934. The Morgan fingerprint density at radius 1 is 1.00 bits per heavy atom. The van der Waals surface area contributed by atoms with Crippen molar-refractivity contribution >= 4 is 11.0 Å². The van der Waals surface area contributed by atoms with Crippen LogP contribution in [-0.2, 0) is 6.54 Å². The molecule has 0 saturated carbocycles. The van der Waals surface area contributed by atoms with E-state index < -0.39 is 11.6 Å². The van der Waals surface area contributed by atoms with E-state index in [-0.39, 0.29) is 17.2 Å². The molecule has 0 aliphatic carbocycles. The largest absolute Gasteiger partial charge is 0.323 e. The zero-order chi connectivity index (χ0) is 17.4. The average Bonchev–Trinajstić information content (AvgIpc) is 2.95. The summed E-state index contributed by atoms with van der Waals surface area (Å²) in [6.45, 7) is 2.34. The normalized spacial score (nSPS) is 16.6. The maximum atomic E-state index is 13.9. The fourth-order valence-corrected chi connectivity index (χ4v) is 3.72. The summed E-state index contributed by atoms with van der Waals surface area (Å²) in [5.41, 5.74) is 2.72. The lowest BCUT2D eigenvalue weighted by molar-refractivity contribution is 0.201. The van der Waals surface area contributed by atoms with E-state index in [2.05, 4.69) is 14.9 Å². The molecule has 2 heterocycles. The third-order valence-corrected chi connectivity index (χ3v) is 4.98. The average molecular weight is 343 g/mol. The Hall–Kier alpha value is -2.47. The van der Waals surface area contributed by atoms with Crippen LogP contribution in [0.25, 0.3) is 11.0 Å². The highest BCUT2D eigenvalue weighted by Gasteiger charge is 2.25. The van der Waals surface area contributed by atoms with Crippen LogP contribution in [0.4, 0.5) is 8.78 Å². The molecule has 1 fully saturated rings. The molecular formula is C19H19F2N3O. The molecule has 0 radical (unpaired) electrons. The third-order valence-electron chi connectivity index (χ3n) is 4.98. The van der Waals surface area contributed by atoms with Crippen molar-refractivity contribution in [3.63, 3.8) is 0 Å². The van der Waals surface area contributed by atoms with E-state index in [9.17, 15) is 13.6 Å². The number of halogens is 2. The topological polar surface area (TPSA) is 51.9 Å². The van der Waals surface area contributed by atoms with Gasteiger partial charge in [-0.25, -0.2) is 13.6 Å². The molecule has 2 N–H and O–H groups in total. The van der Waals surface area contributed by atoms with Crippen LogP contribution in [-0.4, -0.2) is 28.0 Å². The molecule has 6 heteroatoms. The number of hydrogen-bond donors (Lipinski definition) is 2. The molecule has 0 unspecified atom stereocenters. The predicted octanol–water partition coefficient (Wildman–Crippen LogP) is 3.51. The molecule has 1 aliphatic rings. The van der Waals surface area contributed by atoms with Gasteiger partial charge in [-0.1, -0.05) is 12.1 Å². The van der Waals surface area contributed by atoms with Gasteiger partial charge in [0.25, 0.3) is 0 Å². The molecule has 0 atom stereocenters. The first-order chi connectivity index (χ1) is 12.1. The smallest absolute Gasteiger partial charge is 0.306 e. The van der Waals surface area contributed by atoms with Crippen molar-refractivity contribution < 1.29 is 8.78 Å². The van der Waals surface area contributed by atoms with Crippen LogP contribution in [0.5, 0.6) is 0 Å². The molecule has 4 rings (SSSR count). The van der Waals surface area contributed by atoms with Gasteiger partial charge in [0.2, 0.25) is 0 Å². The second-order valence-electron chi connectivity index (χ2n) is 6.64. The number of likely N-dealkylation sites (tertiary alicyclic amines) is 1. The van der Waals surface area contributed by atoms with Crippen molar-refractivity contribution in [2.24, 2.45) is 0 Å². The fraction of sp³-hybridized carbons (Fsp3) is 0.316. The molecule has 1 aromatic heterocycles. The van der Waals surface area contributed by atoms with Crippen molar-refractivity contribution in [3.05, 3.63) is 69.6 Å². The lowest BCUT2D eigenvalue weighted by atomic mass is 9.88. The Morgan fingerprint density at radius 3 is 2.40 bits per heavy atom. The van der Waals surface area contributed by atoms with E-state index in [0.29, 0.717) is 0 Å². The Kier molecular flexibility index (Phi) is 4.13. The minimum absolute atomic E-state index is 0.0686. The standard InChI is InChI=1S/C19H19F2N3O/c20-14-2-1-3-15(21)18(14)13-6-8-24(9-7-13)11-12-4-5-16-17(10-12)23-19(25)22-16/h1-5,10,13H,6-9,11H2,(H2,22,23,25). The predicted molar refractivity (Wildman–Crippen MR) is 92.5 cm³/mol. The van der Waals surface area contributed by atoms with Gasteiger partial charge in [0.05, 0.1) is 11.0 Å². The number of benzene rings is 2. The summed E-state index contributed by atoms with van der Waals surface area (Å²) in [6.07, 6.45) is 1.47. The fourth-order valence-electron chi connectivity index (χ4n) is 3.72. The lowest BCUT2D eigenvalue weighted by Gasteiger charge is -2.32. The van der Waals surface area contributed by atoms with Crippen molar-refractivity contribution in [2.45, 2.75) is 25.3 Å². The maximum Gasteiger partial charge on any atom is 0.323 e. The summed E-state index contributed by atoms with van der Waals surface area (Å²) < 4.78 is 27.9. The third kappa shape index (κ3) is 3.22. The summed E-state index contributed by atoms with van der Waals surface area (Å²) in [6, 6.07) is 9.93. The summed E-state index contributed by atoms with van der Waals surface area (Å²) in [7, 11) is 0. The number of H-pyrrole nitrogens is 2. The second-order valence-corrected chi connectivity index (χ2v) is 6.64. The van der Waals surface area contributed by atoms with Crippen molar-refractivity contribution in [1.29, 1.82) is 0 Å². The highest BCUT2D eigenvalue weighted by molar-refractivity contribution is 5.74. The van der Waals surface area contributed by atoms with Gasteiger partial charge in [-0.2, -0.15) is 0 Å². The van der Waals surface area contributed by atoms with Crippen LogP contribution in [0.3, 0.4) is 0 Å². The van der Waals surface area contributed by atoms with Crippen LogP contribution in [0.1, 0.15) is 29.9 Å². The Labute approximate surface area is 143 Å². The molecule has 0 amide bonds. The van der Waals surface area contributed by atoms with E-state index in [1.807, 2.05) is 18.2 Å². The second kappa shape index (κ2) is 6.44. The van der Waals surface area contributed by atoms with Crippen LogP contribution in [0, 0.1) is 11.6 Å². The summed E-state index contributed by atoms with van der Waals surface area (Å²) in [5.74, 6) is -0.957. The van der Waals surface area contributed by atoms with Gasteiger partial charge >= 0.3 is 5.69 Å². The number of fused-ring (bicyclic) bond motifs is 1. The van der Waals surface area contributed by atoms with Gasteiger partial charge in [-0.3, -0.25) is 4.90 Å². The Balaban J connectivity index is 1.43. The number of aromatic nitrogens is 2. The van der Waals surface area contributed by atoms with Crippen LogP contribution in [0.2, 0.25) is 0 Å². The number of nitrogens with zero attached hydrogens (tertiary/aromatic N) is 1. The van der Waals surface area contributed by atoms with Gasteiger partial charge < -0.3 is 9.97 Å². The van der Waals surface area contributed by atoms with Gasteiger partial charge in [0, 0.05) is 12.1 Å². The number of imidazole rings is 1. The van der Waals surface area contributed by atoms with Gasteiger partial charge in [-0.05, 0) is 61.7 Å². The monoisotopic (exact) mass is 343 g/mol. The first-order valence-electron chi connectivity index (χ1n) is 8.47. The van der Waals surface area contributed by atoms with Crippen molar-refractivity contribution in [3.8, 4) is 0 Å². The zero-order valence-electron chi connectivity index (χ0n) is 13.7. The SMILES string of the molecule is O=c1[nH]c2ccc(CN3CCC(c4c(F)cccc4F)CC3)cc2[nH]1. The number of piperidine rings is 1. The number of aromatic amines is 2. The summed E-state index contributed by atoms with van der Waals surface area (Å²) in [5, 5.41) is 0. The van der Waals surface area contributed by atoms with Gasteiger partial charge in [0.1, 0.15) is 11.6 Å². The van der Waals surface area contributed by atoms with Crippen LogP contribution >= 0.6 is 0 Å². The highest BCUT2D eigenvalue weighted by Crippen LogP contribution is 2.32. The molecule has 0 bridgehead atoms. The van der Waals surface area contributed by atoms with Crippen molar-refractivity contribution in [1.82, 2.24) is 14.9 Å². The summed E-state index contributed by atoms with van der Waals surface area (Å²) in [4.78, 5) is 19.1. The first-order valence-corrected chi connectivity index (χ1v) is 8.47. The number of nitrogens with one attached hydrogen (secondary N) is 2. The van der Waals surface area contributed by atoms with E-state index in [4.69, 9.17) is 0 Å². The lowest BCUT2D eigenvalue weighted by Crippen LogP contribution is -2.33. The minimum atomic E-state index is -0.444.